The van der Waals surface area contributed by atoms with Crippen molar-refractivity contribution in [1.29, 1.82) is 0 Å². The third-order valence-corrected chi connectivity index (χ3v) is 5.61. The molecule has 2 fully saturated rings. The quantitative estimate of drug-likeness (QED) is 0.806. The zero-order valence-corrected chi connectivity index (χ0v) is 15.3. The van der Waals surface area contributed by atoms with Crippen LogP contribution >= 0.6 is 0 Å². The molecule has 0 N–H and O–H groups in total. The smallest absolute Gasteiger partial charge is 0.291 e. The maximum atomic E-state index is 12.5. The molecule has 7 heteroatoms. The molecule has 7 nitrogen and oxygen atoms in total. The first-order chi connectivity index (χ1) is 13.3. The van der Waals surface area contributed by atoms with E-state index in [1.165, 1.54) is 0 Å². The van der Waals surface area contributed by atoms with E-state index in [1.807, 2.05) is 23.1 Å². The summed E-state index contributed by atoms with van der Waals surface area (Å²) in [5, 5.41) is 0. The van der Waals surface area contributed by atoms with Crippen LogP contribution < -0.4 is 4.74 Å². The van der Waals surface area contributed by atoms with Crippen molar-refractivity contribution < 1.29 is 14.3 Å². The number of hydrogen-bond acceptors (Lipinski definition) is 6. The molecule has 1 amide bonds. The van der Waals surface area contributed by atoms with E-state index < -0.39 is 0 Å². The van der Waals surface area contributed by atoms with E-state index in [0.29, 0.717) is 31.5 Å². The van der Waals surface area contributed by atoms with Gasteiger partial charge in [0.1, 0.15) is 0 Å². The van der Waals surface area contributed by atoms with Crippen LogP contribution in [0.15, 0.2) is 42.9 Å². The van der Waals surface area contributed by atoms with Crippen LogP contribution in [0.5, 0.6) is 5.88 Å². The number of carbonyl (C=O) groups is 1. The molecule has 2 aromatic rings. The highest BCUT2D eigenvalue weighted by molar-refractivity contribution is 5.90. The fourth-order valence-electron chi connectivity index (χ4n) is 4.12. The summed E-state index contributed by atoms with van der Waals surface area (Å²) in [5.74, 6) is 1.28. The van der Waals surface area contributed by atoms with E-state index in [0.717, 1.165) is 32.3 Å². The summed E-state index contributed by atoms with van der Waals surface area (Å²) in [7, 11) is 0. The number of aromatic nitrogens is 3. The van der Waals surface area contributed by atoms with Gasteiger partial charge in [-0.25, -0.2) is 15.0 Å². The van der Waals surface area contributed by atoms with Crippen molar-refractivity contribution in [2.24, 2.45) is 5.92 Å². The molecule has 2 aliphatic rings. The standard InChI is InChI=1S/C20H24N4O3/c25-19(18-22-10-3-11-23-18)24-12-7-20(8-13-24)16(6-15-27-20)5-14-26-17-4-1-2-9-21-17/h1-4,9-11,16H,5-8,12-15H2. The Balaban J connectivity index is 1.31. The van der Waals surface area contributed by atoms with Gasteiger partial charge in [-0.15, -0.1) is 0 Å². The zero-order chi connectivity index (χ0) is 18.5. The van der Waals surface area contributed by atoms with Crippen molar-refractivity contribution in [3.8, 4) is 5.88 Å². The lowest BCUT2D eigenvalue weighted by molar-refractivity contribution is -0.0650. The normalized spacial score (nSPS) is 21.3. The van der Waals surface area contributed by atoms with Gasteiger partial charge in [-0.2, -0.15) is 0 Å². The summed E-state index contributed by atoms with van der Waals surface area (Å²) in [6.45, 7) is 2.76. The number of amides is 1. The molecular formula is C20H24N4O3. The van der Waals surface area contributed by atoms with Gasteiger partial charge in [0.2, 0.25) is 11.7 Å². The van der Waals surface area contributed by atoms with Crippen molar-refractivity contribution in [1.82, 2.24) is 19.9 Å². The first-order valence-electron chi connectivity index (χ1n) is 9.51. The highest BCUT2D eigenvalue weighted by Gasteiger charge is 2.46. The monoisotopic (exact) mass is 368 g/mol. The average Bonchev–Trinajstić information content (AvgIpc) is 3.11. The molecule has 0 radical (unpaired) electrons. The summed E-state index contributed by atoms with van der Waals surface area (Å²) in [6, 6.07) is 7.39. The van der Waals surface area contributed by atoms with E-state index in [9.17, 15) is 4.79 Å². The minimum absolute atomic E-state index is 0.0986. The highest BCUT2D eigenvalue weighted by Crippen LogP contribution is 2.42. The summed E-state index contributed by atoms with van der Waals surface area (Å²) in [4.78, 5) is 26.7. The summed E-state index contributed by atoms with van der Waals surface area (Å²) >= 11 is 0. The van der Waals surface area contributed by atoms with Crippen LogP contribution in [0.4, 0.5) is 0 Å². The van der Waals surface area contributed by atoms with Crippen LogP contribution in [0.1, 0.15) is 36.3 Å². The summed E-state index contributed by atoms with van der Waals surface area (Å²) in [6.07, 6.45) is 8.61. The number of rotatable bonds is 5. The third kappa shape index (κ3) is 3.93. The Kier molecular flexibility index (Phi) is 5.29. The third-order valence-electron chi connectivity index (χ3n) is 5.61. The van der Waals surface area contributed by atoms with Crippen molar-refractivity contribution in [2.45, 2.75) is 31.3 Å². The zero-order valence-electron chi connectivity index (χ0n) is 15.3. The lowest BCUT2D eigenvalue weighted by Crippen LogP contribution is -2.49. The molecule has 142 valence electrons. The van der Waals surface area contributed by atoms with Crippen LogP contribution in [0.3, 0.4) is 0 Å². The van der Waals surface area contributed by atoms with Gasteiger partial charge in [-0.3, -0.25) is 4.79 Å². The van der Waals surface area contributed by atoms with Crippen LogP contribution in [-0.2, 0) is 4.74 Å². The van der Waals surface area contributed by atoms with Crippen LogP contribution in [0.25, 0.3) is 0 Å². The van der Waals surface area contributed by atoms with Gasteiger partial charge in [0.25, 0.3) is 5.91 Å². The Morgan fingerprint density at radius 2 is 1.93 bits per heavy atom. The van der Waals surface area contributed by atoms with Crippen molar-refractivity contribution in [3.05, 3.63) is 48.7 Å². The van der Waals surface area contributed by atoms with Gasteiger partial charge >= 0.3 is 0 Å². The molecule has 1 unspecified atom stereocenters. The first-order valence-corrected chi connectivity index (χ1v) is 9.51. The molecule has 2 aliphatic heterocycles. The Hall–Kier alpha value is -2.54. The minimum atomic E-state index is -0.137. The Morgan fingerprint density at radius 1 is 1.15 bits per heavy atom. The lowest BCUT2D eigenvalue weighted by Gasteiger charge is -2.42. The van der Waals surface area contributed by atoms with Crippen molar-refractivity contribution in [2.75, 3.05) is 26.3 Å². The minimum Gasteiger partial charge on any atom is -0.478 e. The van der Waals surface area contributed by atoms with Crippen LogP contribution in [0.2, 0.25) is 0 Å². The molecule has 0 bridgehead atoms. The Labute approximate surface area is 158 Å². The van der Waals surface area contributed by atoms with Crippen molar-refractivity contribution in [3.63, 3.8) is 0 Å². The summed E-state index contributed by atoms with van der Waals surface area (Å²) in [5.41, 5.74) is -0.137. The molecule has 2 aromatic heterocycles. The number of ether oxygens (including phenoxy) is 2. The number of pyridine rings is 1. The summed E-state index contributed by atoms with van der Waals surface area (Å²) < 4.78 is 12.0. The second-order valence-corrected chi connectivity index (χ2v) is 7.07. The van der Waals surface area contributed by atoms with Gasteiger partial charge in [-0.05, 0) is 43.7 Å². The number of hydrogen-bond donors (Lipinski definition) is 0. The largest absolute Gasteiger partial charge is 0.478 e. The molecule has 2 saturated heterocycles. The first kappa shape index (κ1) is 17.9. The predicted molar refractivity (Wildman–Crippen MR) is 98.3 cm³/mol. The van der Waals surface area contributed by atoms with E-state index >= 15 is 0 Å². The van der Waals surface area contributed by atoms with E-state index in [4.69, 9.17) is 9.47 Å². The van der Waals surface area contributed by atoms with Crippen molar-refractivity contribution >= 4 is 5.91 Å². The number of nitrogens with zero attached hydrogens (tertiary/aromatic N) is 4. The predicted octanol–water partition coefficient (Wildman–Crippen LogP) is 2.35. The van der Waals surface area contributed by atoms with Gasteiger partial charge in [0.05, 0.1) is 12.2 Å². The fraction of sp³-hybridized carbons (Fsp3) is 0.500. The van der Waals surface area contributed by atoms with Crippen LogP contribution in [-0.4, -0.2) is 57.7 Å². The second-order valence-electron chi connectivity index (χ2n) is 7.07. The SMILES string of the molecule is O=C(c1ncccn1)N1CCC2(CC1)OCCC2CCOc1ccccn1. The van der Waals surface area contributed by atoms with E-state index in [-0.39, 0.29) is 17.3 Å². The van der Waals surface area contributed by atoms with E-state index in [2.05, 4.69) is 15.0 Å². The second kappa shape index (κ2) is 8.00. The molecule has 0 aromatic carbocycles. The molecule has 1 spiro atoms. The molecule has 1 atom stereocenters. The maximum Gasteiger partial charge on any atom is 0.291 e. The highest BCUT2D eigenvalue weighted by atomic mass is 16.5. The fourth-order valence-corrected chi connectivity index (χ4v) is 4.12. The molecule has 4 rings (SSSR count). The molecule has 27 heavy (non-hydrogen) atoms. The van der Waals surface area contributed by atoms with Gasteiger partial charge in [-0.1, -0.05) is 6.07 Å². The number of likely N-dealkylation sites (tertiary alicyclic amines) is 1. The Bertz CT molecular complexity index is 748. The number of carbonyl (C=O) groups excluding carboxylic acids is 1. The number of piperidine rings is 1. The lowest BCUT2D eigenvalue weighted by atomic mass is 9.78. The van der Waals surface area contributed by atoms with Gasteiger partial charge in [0.15, 0.2) is 0 Å². The van der Waals surface area contributed by atoms with E-state index in [1.54, 1.807) is 24.7 Å². The van der Waals surface area contributed by atoms with Crippen LogP contribution in [0, 0.1) is 5.92 Å². The average molecular weight is 368 g/mol. The van der Waals surface area contributed by atoms with Gasteiger partial charge in [0, 0.05) is 44.4 Å². The Morgan fingerprint density at radius 3 is 2.67 bits per heavy atom. The molecule has 0 saturated carbocycles. The molecule has 4 heterocycles. The molecule has 0 aliphatic carbocycles. The van der Waals surface area contributed by atoms with Gasteiger partial charge < -0.3 is 14.4 Å². The molecular weight excluding hydrogens is 344 g/mol. The maximum absolute atomic E-state index is 12.5. The topological polar surface area (TPSA) is 77.4 Å².